The van der Waals surface area contributed by atoms with Crippen LogP contribution in [0.15, 0.2) is 71.6 Å². The predicted octanol–water partition coefficient (Wildman–Crippen LogP) is 5.51. The summed E-state index contributed by atoms with van der Waals surface area (Å²) in [6.07, 6.45) is 0.631. The monoisotopic (exact) mass is 470 g/mol. The summed E-state index contributed by atoms with van der Waals surface area (Å²) in [6, 6.07) is 19.6. The molecule has 0 unspecified atom stereocenters. The van der Waals surface area contributed by atoms with Gasteiger partial charge in [-0.05, 0) is 75.1 Å². The van der Waals surface area contributed by atoms with E-state index in [0.29, 0.717) is 12.1 Å². The number of aryl methyl sites for hydroxylation is 2. The Morgan fingerprint density at radius 1 is 0.969 bits per heavy atom. The maximum absolute atomic E-state index is 13.1. The molecule has 32 heavy (non-hydrogen) atoms. The van der Waals surface area contributed by atoms with Crippen molar-refractivity contribution in [3.05, 3.63) is 94.0 Å². The third-order valence-corrected chi connectivity index (χ3v) is 6.91. The van der Waals surface area contributed by atoms with E-state index in [0.717, 1.165) is 16.7 Å². The minimum absolute atomic E-state index is 0.0444. The van der Waals surface area contributed by atoms with Gasteiger partial charge >= 0.3 is 0 Å². The molecule has 168 valence electrons. The number of amides is 1. The highest BCUT2D eigenvalue weighted by Crippen LogP contribution is 2.27. The zero-order chi connectivity index (χ0) is 23.5. The molecule has 0 saturated heterocycles. The molecular formula is C25H27ClN2O3S. The first-order valence-electron chi connectivity index (χ1n) is 10.2. The van der Waals surface area contributed by atoms with E-state index in [-0.39, 0.29) is 21.4 Å². The molecule has 3 aromatic rings. The van der Waals surface area contributed by atoms with Crippen LogP contribution in [0.25, 0.3) is 0 Å². The Morgan fingerprint density at radius 3 is 2.34 bits per heavy atom. The van der Waals surface area contributed by atoms with E-state index in [4.69, 9.17) is 11.6 Å². The van der Waals surface area contributed by atoms with Crippen molar-refractivity contribution in [2.24, 2.45) is 0 Å². The van der Waals surface area contributed by atoms with Gasteiger partial charge in [0, 0.05) is 11.1 Å². The smallest absolute Gasteiger partial charge is 0.263 e. The quantitative estimate of drug-likeness (QED) is 0.478. The van der Waals surface area contributed by atoms with E-state index in [1.54, 1.807) is 6.07 Å². The number of carbonyl (C=O) groups is 1. The maximum Gasteiger partial charge on any atom is 0.263 e. The fourth-order valence-corrected chi connectivity index (χ4v) is 5.07. The Hall–Kier alpha value is -2.83. The molecule has 1 amide bonds. The number of rotatable bonds is 7. The second-order valence-corrected chi connectivity index (χ2v) is 10.6. The van der Waals surface area contributed by atoms with Crippen LogP contribution in [0.3, 0.4) is 0 Å². The molecule has 0 bridgehead atoms. The van der Waals surface area contributed by atoms with E-state index >= 15 is 0 Å². The molecule has 0 aromatic heterocycles. The van der Waals surface area contributed by atoms with Gasteiger partial charge in [0.25, 0.3) is 15.9 Å². The average molecular weight is 471 g/mol. The Bertz CT molecular complexity index is 1240. The van der Waals surface area contributed by atoms with E-state index < -0.39 is 15.6 Å². The lowest BCUT2D eigenvalue weighted by atomic mass is 9.94. The zero-order valence-electron chi connectivity index (χ0n) is 18.6. The van der Waals surface area contributed by atoms with Gasteiger partial charge < -0.3 is 5.32 Å². The minimum atomic E-state index is -3.99. The Labute approximate surface area is 194 Å². The molecule has 3 rings (SSSR count). The first kappa shape index (κ1) is 23.8. The lowest BCUT2D eigenvalue weighted by molar-refractivity contribution is 0.0913. The standard InChI is InChI=1S/C25H27ClN2O3S/c1-17-10-11-18(2)22(14-17)28-32(30,31)23-15-20(12-13-21(23)26)24(29)27-25(3,4)16-19-8-6-5-7-9-19/h5-15,28H,16H2,1-4H3,(H,27,29). The number of hydrogen-bond acceptors (Lipinski definition) is 3. The summed E-state index contributed by atoms with van der Waals surface area (Å²) in [5.74, 6) is -0.370. The van der Waals surface area contributed by atoms with E-state index in [1.165, 1.54) is 18.2 Å². The van der Waals surface area contributed by atoms with Gasteiger partial charge in [0.2, 0.25) is 0 Å². The zero-order valence-corrected chi connectivity index (χ0v) is 20.1. The van der Waals surface area contributed by atoms with Gasteiger partial charge in [-0.1, -0.05) is 54.1 Å². The molecule has 0 aliphatic rings. The van der Waals surface area contributed by atoms with Crippen LogP contribution in [0.2, 0.25) is 5.02 Å². The number of benzene rings is 3. The van der Waals surface area contributed by atoms with E-state index in [2.05, 4.69) is 10.0 Å². The Balaban J connectivity index is 1.84. The molecule has 7 heteroatoms. The van der Waals surface area contributed by atoms with Crippen LogP contribution < -0.4 is 10.0 Å². The third-order valence-electron chi connectivity index (χ3n) is 5.06. The summed E-state index contributed by atoms with van der Waals surface area (Å²) in [4.78, 5) is 12.8. The number of halogens is 1. The fraction of sp³-hybridized carbons (Fsp3) is 0.240. The highest BCUT2D eigenvalue weighted by molar-refractivity contribution is 7.92. The second kappa shape index (κ2) is 9.35. The van der Waals surface area contributed by atoms with Crippen LogP contribution >= 0.6 is 11.6 Å². The Morgan fingerprint density at radius 2 is 1.66 bits per heavy atom. The number of carbonyl (C=O) groups excluding carboxylic acids is 1. The lowest BCUT2D eigenvalue weighted by Gasteiger charge is -2.26. The van der Waals surface area contributed by atoms with Gasteiger partial charge in [0.05, 0.1) is 10.7 Å². The maximum atomic E-state index is 13.1. The fourth-order valence-electron chi connectivity index (χ4n) is 3.43. The molecule has 0 saturated carbocycles. The highest BCUT2D eigenvalue weighted by Gasteiger charge is 2.25. The largest absolute Gasteiger partial charge is 0.347 e. The summed E-state index contributed by atoms with van der Waals surface area (Å²) >= 11 is 6.21. The molecule has 0 radical (unpaired) electrons. The first-order chi connectivity index (χ1) is 15.0. The van der Waals surface area contributed by atoms with Crippen LogP contribution in [-0.4, -0.2) is 19.9 Å². The van der Waals surface area contributed by atoms with Crippen molar-refractivity contribution in [2.75, 3.05) is 4.72 Å². The molecule has 0 aliphatic heterocycles. The normalized spacial score (nSPS) is 11.8. The van der Waals surface area contributed by atoms with Crippen LogP contribution in [0.4, 0.5) is 5.69 Å². The number of nitrogens with one attached hydrogen (secondary N) is 2. The molecule has 2 N–H and O–H groups in total. The highest BCUT2D eigenvalue weighted by atomic mass is 35.5. The SMILES string of the molecule is Cc1ccc(C)c(NS(=O)(=O)c2cc(C(=O)NC(C)(C)Cc3ccccc3)ccc2Cl)c1. The van der Waals surface area contributed by atoms with Gasteiger partial charge in [-0.25, -0.2) is 8.42 Å². The van der Waals surface area contributed by atoms with Crippen LogP contribution in [-0.2, 0) is 16.4 Å². The van der Waals surface area contributed by atoms with Crippen molar-refractivity contribution < 1.29 is 13.2 Å². The van der Waals surface area contributed by atoms with Gasteiger partial charge in [0.1, 0.15) is 4.90 Å². The van der Waals surface area contributed by atoms with Crippen LogP contribution in [0.1, 0.15) is 40.9 Å². The molecule has 0 atom stereocenters. The van der Waals surface area contributed by atoms with Crippen molar-refractivity contribution in [1.82, 2.24) is 5.32 Å². The summed E-state index contributed by atoms with van der Waals surface area (Å²) in [6.45, 7) is 7.55. The summed E-state index contributed by atoms with van der Waals surface area (Å²) < 4.78 is 28.7. The summed E-state index contributed by atoms with van der Waals surface area (Å²) in [5, 5.41) is 3.03. The van der Waals surface area contributed by atoms with Crippen LogP contribution in [0, 0.1) is 13.8 Å². The lowest BCUT2D eigenvalue weighted by Crippen LogP contribution is -2.45. The molecule has 0 heterocycles. The second-order valence-electron chi connectivity index (χ2n) is 8.57. The van der Waals surface area contributed by atoms with Crippen molar-refractivity contribution in [1.29, 1.82) is 0 Å². The van der Waals surface area contributed by atoms with Gasteiger partial charge in [0.15, 0.2) is 0 Å². The minimum Gasteiger partial charge on any atom is -0.347 e. The predicted molar refractivity (Wildman–Crippen MR) is 130 cm³/mol. The topological polar surface area (TPSA) is 75.3 Å². The number of hydrogen-bond donors (Lipinski definition) is 2. The third kappa shape index (κ3) is 5.90. The van der Waals surface area contributed by atoms with Crippen molar-refractivity contribution >= 4 is 33.2 Å². The van der Waals surface area contributed by atoms with Crippen molar-refractivity contribution in [3.63, 3.8) is 0 Å². The number of sulfonamides is 1. The molecule has 5 nitrogen and oxygen atoms in total. The summed E-state index contributed by atoms with van der Waals surface area (Å²) in [7, 11) is -3.99. The first-order valence-corrected chi connectivity index (χ1v) is 12.1. The van der Waals surface area contributed by atoms with Crippen molar-refractivity contribution in [3.8, 4) is 0 Å². The Kier molecular flexibility index (Phi) is 6.96. The van der Waals surface area contributed by atoms with E-state index in [9.17, 15) is 13.2 Å². The van der Waals surface area contributed by atoms with Crippen molar-refractivity contribution in [2.45, 2.75) is 44.6 Å². The van der Waals surface area contributed by atoms with Gasteiger partial charge in [-0.15, -0.1) is 0 Å². The summed E-state index contributed by atoms with van der Waals surface area (Å²) in [5.41, 5.74) is 2.96. The van der Waals surface area contributed by atoms with E-state index in [1.807, 2.05) is 70.2 Å². The van der Waals surface area contributed by atoms with Gasteiger partial charge in [-0.3, -0.25) is 9.52 Å². The average Bonchev–Trinajstić information content (AvgIpc) is 2.70. The molecule has 3 aromatic carbocycles. The van der Waals surface area contributed by atoms with Crippen LogP contribution in [0.5, 0.6) is 0 Å². The number of anilines is 1. The molecule has 0 spiro atoms. The van der Waals surface area contributed by atoms with Gasteiger partial charge in [-0.2, -0.15) is 0 Å². The molecular weight excluding hydrogens is 444 g/mol. The molecule has 0 fully saturated rings. The molecule has 0 aliphatic carbocycles.